The lowest BCUT2D eigenvalue weighted by Crippen LogP contribution is -2.52. The van der Waals surface area contributed by atoms with Crippen LogP contribution in [0.4, 0.5) is 0 Å². The van der Waals surface area contributed by atoms with Gasteiger partial charge in [-0.25, -0.2) is 8.42 Å². The van der Waals surface area contributed by atoms with Gasteiger partial charge in [0, 0.05) is 19.6 Å². The first-order valence-electron chi connectivity index (χ1n) is 10.6. The van der Waals surface area contributed by atoms with E-state index < -0.39 is 28.1 Å². The topological polar surface area (TPSA) is 77.9 Å². The molecule has 2 aromatic rings. The molecule has 3 rings (SSSR count). The Morgan fingerprint density at radius 1 is 1.10 bits per heavy atom. The Balaban J connectivity index is 2.03. The molecule has 6 nitrogen and oxygen atoms in total. The van der Waals surface area contributed by atoms with Crippen LogP contribution in [0, 0.1) is 6.92 Å². The predicted octanol–water partition coefficient (Wildman–Crippen LogP) is 3.11. The molecule has 0 unspecified atom stereocenters. The first-order chi connectivity index (χ1) is 14.8. The molecule has 2 atom stereocenters. The highest BCUT2D eigenvalue weighted by atomic mass is 32.2. The number of rotatable bonds is 8. The lowest BCUT2D eigenvalue weighted by molar-refractivity contribution is -0.140. The van der Waals surface area contributed by atoms with Gasteiger partial charge in [0.1, 0.15) is 0 Å². The van der Waals surface area contributed by atoms with Gasteiger partial charge >= 0.3 is 0 Å². The molecule has 1 N–H and O–H groups in total. The fourth-order valence-corrected chi connectivity index (χ4v) is 5.36. The van der Waals surface area contributed by atoms with Gasteiger partial charge in [-0.1, -0.05) is 60.2 Å². The lowest BCUT2D eigenvalue weighted by Gasteiger charge is -2.33. The number of likely N-dealkylation sites (tertiary alicyclic amines) is 1. The third-order valence-corrected chi connectivity index (χ3v) is 7.38. The van der Waals surface area contributed by atoms with Crippen molar-refractivity contribution < 1.29 is 18.3 Å². The van der Waals surface area contributed by atoms with Crippen LogP contribution in [0.25, 0.3) is 0 Å². The molecular weight excluding hydrogens is 412 g/mol. The van der Waals surface area contributed by atoms with E-state index in [-0.39, 0.29) is 11.4 Å². The maximum atomic E-state index is 13.7. The zero-order valence-corrected chi connectivity index (χ0v) is 18.8. The maximum absolute atomic E-state index is 13.7. The van der Waals surface area contributed by atoms with Gasteiger partial charge in [-0.3, -0.25) is 4.79 Å². The van der Waals surface area contributed by atoms with Gasteiger partial charge in [0.2, 0.25) is 10.0 Å². The van der Waals surface area contributed by atoms with Crippen molar-refractivity contribution in [3.63, 3.8) is 0 Å². The van der Waals surface area contributed by atoms with Crippen molar-refractivity contribution in [1.82, 2.24) is 9.21 Å². The summed E-state index contributed by atoms with van der Waals surface area (Å²) in [4.78, 5) is 14.7. The van der Waals surface area contributed by atoms with E-state index in [4.69, 9.17) is 0 Å². The molecule has 0 saturated carbocycles. The minimum atomic E-state index is -3.99. The van der Waals surface area contributed by atoms with E-state index in [1.807, 2.05) is 37.3 Å². The molecule has 31 heavy (non-hydrogen) atoms. The van der Waals surface area contributed by atoms with Crippen molar-refractivity contribution in [1.29, 1.82) is 0 Å². The zero-order valence-electron chi connectivity index (χ0n) is 18.0. The number of benzene rings is 2. The van der Waals surface area contributed by atoms with Gasteiger partial charge in [0.25, 0.3) is 5.91 Å². The summed E-state index contributed by atoms with van der Waals surface area (Å²) in [6, 6.07) is 14.8. The van der Waals surface area contributed by atoms with Gasteiger partial charge < -0.3 is 10.0 Å². The van der Waals surface area contributed by atoms with Gasteiger partial charge in [-0.15, -0.1) is 0 Å². The number of aliphatic hydroxyl groups excluding tert-OH is 1. The van der Waals surface area contributed by atoms with E-state index in [9.17, 15) is 18.3 Å². The van der Waals surface area contributed by atoms with Crippen LogP contribution in [-0.2, 0) is 21.4 Å². The van der Waals surface area contributed by atoms with E-state index in [0.29, 0.717) is 13.1 Å². The molecule has 0 spiro atoms. The Bertz CT molecular complexity index is 998. The fourth-order valence-electron chi connectivity index (χ4n) is 3.79. The van der Waals surface area contributed by atoms with E-state index in [1.165, 1.54) is 4.31 Å². The molecule has 1 aliphatic rings. The van der Waals surface area contributed by atoms with E-state index in [2.05, 4.69) is 0 Å². The zero-order chi connectivity index (χ0) is 22.4. The van der Waals surface area contributed by atoms with Gasteiger partial charge in [0.15, 0.2) is 6.10 Å². The normalized spacial score (nSPS) is 16.7. The van der Waals surface area contributed by atoms with E-state index in [0.717, 1.165) is 24.0 Å². The van der Waals surface area contributed by atoms with Crippen LogP contribution in [0.3, 0.4) is 0 Å². The third kappa shape index (κ3) is 5.42. The number of carbonyl (C=O) groups excluding carboxylic acids is 1. The average molecular weight is 443 g/mol. The smallest absolute Gasteiger partial charge is 0.253 e. The molecule has 1 saturated heterocycles. The molecule has 1 heterocycles. The Kier molecular flexibility index (Phi) is 7.64. The van der Waals surface area contributed by atoms with Crippen LogP contribution in [-0.4, -0.2) is 53.9 Å². The van der Waals surface area contributed by atoms with Crippen LogP contribution < -0.4 is 0 Å². The summed E-state index contributed by atoms with van der Waals surface area (Å²) >= 11 is 0. The Labute approximate surface area is 184 Å². The van der Waals surface area contributed by atoms with Crippen molar-refractivity contribution in [3.8, 4) is 0 Å². The minimum Gasteiger partial charge on any atom is -0.381 e. The van der Waals surface area contributed by atoms with Crippen LogP contribution in [0.15, 0.2) is 71.6 Å². The monoisotopic (exact) mass is 442 g/mol. The molecule has 166 valence electrons. The third-order valence-electron chi connectivity index (χ3n) is 5.53. The summed E-state index contributed by atoms with van der Waals surface area (Å²) in [6.07, 6.45) is 3.56. The summed E-state index contributed by atoms with van der Waals surface area (Å²) in [5, 5.41) is 11.0. The van der Waals surface area contributed by atoms with Crippen molar-refractivity contribution >= 4 is 15.9 Å². The number of sulfonamides is 1. The second-order valence-electron chi connectivity index (χ2n) is 7.84. The number of aryl methyl sites for hydroxylation is 1. The van der Waals surface area contributed by atoms with E-state index in [1.54, 1.807) is 48.2 Å². The van der Waals surface area contributed by atoms with Gasteiger partial charge in [0.05, 0.1) is 10.9 Å². The lowest BCUT2D eigenvalue weighted by atomic mass is 10.1. The molecule has 1 fully saturated rings. The minimum absolute atomic E-state index is 0.0381. The van der Waals surface area contributed by atoms with Gasteiger partial charge in [-0.2, -0.15) is 4.31 Å². The second kappa shape index (κ2) is 10.2. The summed E-state index contributed by atoms with van der Waals surface area (Å²) in [7, 11) is -3.99. The number of amides is 1. The molecule has 7 heteroatoms. The van der Waals surface area contributed by atoms with Crippen molar-refractivity contribution in [2.75, 3.05) is 13.1 Å². The number of allylic oxidation sites excluding steroid dienone is 1. The predicted molar refractivity (Wildman–Crippen MR) is 121 cm³/mol. The molecule has 2 aromatic carbocycles. The Morgan fingerprint density at radius 3 is 2.29 bits per heavy atom. The summed E-state index contributed by atoms with van der Waals surface area (Å²) < 4.78 is 28.6. The van der Waals surface area contributed by atoms with Crippen LogP contribution in [0.5, 0.6) is 0 Å². The maximum Gasteiger partial charge on any atom is 0.253 e. The van der Waals surface area contributed by atoms with Crippen LogP contribution >= 0.6 is 0 Å². The number of hydrogen-bond donors (Lipinski definition) is 1. The molecule has 0 bridgehead atoms. The Hall–Kier alpha value is -2.48. The van der Waals surface area contributed by atoms with Crippen molar-refractivity contribution in [2.45, 2.75) is 50.3 Å². The first-order valence-corrected chi connectivity index (χ1v) is 12.0. The number of hydrogen-bond acceptors (Lipinski definition) is 4. The first kappa shape index (κ1) is 23.2. The highest BCUT2D eigenvalue weighted by molar-refractivity contribution is 7.89. The second-order valence-corrected chi connectivity index (χ2v) is 9.73. The number of nitrogens with zero attached hydrogens (tertiary/aromatic N) is 2. The molecule has 0 radical (unpaired) electrons. The van der Waals surface area contributed by atoms with E-state index >= 15 is 0 Å². The molecule has 1 aliphatic heterocycles. The summed E-state index contributed by atoms with van der Waals surface area (Å²) in [5.41, 5.74) is 1.72. The SMILES string of the molecule is C/C=C/[C@H]([C@H](O)C(=O)N1CCCC1)N(Cc1ccccc1)S(=O)(=O)c1ccc(C)cc1. The highest BCUT2D eigenvalue weighted by Gasteiger charge is 2.39. The summed E-state index contributed by atoms with van der Waals surface area (Å²) in [6.45, 7) is 4.85. The fraction of sp³-hybridized carbons (Fsp3) is 0.375. The molecular formula is C24H30N2O4S. The van der Waals surface area contributed by atoms with Crippen LogP contribution in [0.1, 0.15) is 30.9 Å². The standard InChI is InChI=1S/C24H30N2O4S/c1-3-9-22(23(27)24(28)25-16-7-8-17-25)26(18-20-10-5-4-6-11-20)31(29,30)21-14-12-19(2)13-15-21/h3-6,9-15,22-23,27H,7-8,16-18H2,1-2H3/b9-3+/t22-,23+/m1/s1. The van der Waals surface area contributed by atoms with Crippen LogP contribution in [0.2, 0.25) is 0 Å². The molecule has 0 aromatic heterocycles. The van der Waals surface area contributed by atoms with Crippen molar-refractivity contribution in [2.24, 2.45) is 0 Å². The number of aliphatic hydroxyl groups is 1. The molecule has 0 aliphatic carbocycles. The largest absolute Gasteiger partial charge is 0.381 e. The van der Waals surface area contributed by atoms with Crippen molar-refractivity contribution in [3.05, 3.63) is 77.9 Å². The van der Waals surface area contributed by atoms with Gasteiger partial charge in [-0.05, 0) is 44.4 Å². The molecule has 1 amide bonds. The number of carbonyl (C=O) groups is 1. The quantitative estimate of drug-likeness (QED) is 0.637. The average Bonchev–Trinajstić information content (AvgIpc) is 3.31. The summed E-state index contributed by atoms with van der Waals surface area (Å²) in [5.74, 6) is -0.433. The Morgan fingerprint density at radius 2 is 1.71 bits per heavy atom. The highest BCUT2D eigenvalue weighted by Crippen LogP contribution is 2.25.